The van der Waals surface area contributed by atoms with Crippen LogP contribution in [-0.4, -0.2) is 53.8 Å². The van der Waals surface area contributed by atoms with E-state index in [9.17, 15) is 4.79 Å². The first-order valence-electron chi connectivity index (χ1n) is 10.7. The summed E-state index contributed by atoms with van der Waals surface area (Å²) < 4.78 is 5.43. The summed E-state index contributed by atoms with van der Waals surface area (Å²) in [5.41, 5.74) is 7.69. The molecule has 32 heavy (non-hydrogen) atoms. The predicted molar refractivity (Wildman–Crippen MR) is 122 cm³/mol. The Morgan fingerprint density at radius 2 is 1.91 bits per heavy atom. The molecule has 1 saturated carbocycles. The fraction of sp³-hybridized carbons (Fsp3) is 0.409. The summed E-state index contributed by atoms with van der Waals surface area (Å²) >= 11 is 0. The molecule has 4 rings (SSSR count). The molecule has 1 aromatic carbocycles. The van der Waals surface area contributed by atoms with E-state index in [0.717, 1.165) is 25.2 Å². The number of nitrogens with two attached hydrogens (primary N) is 1. The first-order valence-corrected chi connectivity index (χ1v) is 10.7. The zero-order chi connectivity index (χ0) is 22.8. The second kappa shape index (κ2) is 8.91. The maximum atomic E-state index is 11.6. The van der Waals surface area contributed by atoms with Crippen LogP contribution in [0.5, 0.6) is 0 Å². The number of rotatable bonds is 7. The van der Waals surface area contributed by atoms with Crippen LogP contribution >= 0.6 is 0 Å². The van der Waals surface area contributed by atoms with E-state index in [-0.39, 0.29) is 35.3 Å². The lowest BCUT2D eigenvalue weighted by Crippen LogP contribution is -2.34. The van der Waals surface area contributed by atoms with Crippen LogP contribution in [0.1, 0.15) is 30.2 Å². The summed E-state index contributed by atoms with van der Waals surface area (Å²) in [6.07, 6.45) is 2.08. The van der Waals surface area contributed by atoms with Gasteiger partial charge in [-0.05, 0) is 24.7 Å². The monoisotopic (exact) mass is 436 g/mol. The van der Waals surface area contributed by atoms with Crippen LogP contribution in [0, 0.1) is 22.7 Å². The SMILES string of the molecule is CCC(=O)NC1C2CN(c3cnc(N)c(C(=N)OC(=N)c4ccc(CNC)cc4)n3)C[C@@H]21. The molecule has 1 aliphatic heterocycles. The van der Waals surface area contributed by atoms with E-state index in [0.29, 0.717) is 29.6 Å². The second-order valence-corrected chi connectivity index (χ2v) is 8.13. The van der Waals surface area contributed by atoms with Crippen LogP contribution in [0.3, 0.4) is 0 Å². The molecule has 2 heterocycles. The van der Waals surface area contributed by atoms with Crippen molar-refractivity contribution in [2.45, 2.75) is 25.9 Å². The van der Waals surface area contributed by atoms with Crippen LogP contribution in [0.25, 0.3) is 0 Å². The van der Waals surface area contributed by atoms with Gasteiger partial charge in [-0.25, -0.2) is 9.97 Å². The van der Waals surface area contributed by atoms with Crippen molar-refractivity contribution < 1.29 is 9.53 Å². The Balaban J connectivity index is 1.39. The topological polar surface area (TPSA) is 153 Å². The fourth-order valence-electron chi connectivity index (χ4n) is 4.11. The molecule has 1 aromatic heterocycles. The van der Waals surface area contributed by atoms with E-state index in [1.807, 2.05) is 26.1 Å². The van der Waals surface area contributed by atoms with Crippen molar-refractivity contribution in [1.29, 1.82) is 10.8 Å². The van der Waals surface area contributed by atoms with E-state index in [4.69, 9.17) is 21.3 Å². The second-order valence-electron chi connectivity index (χ2n) is 8.13. The number of aromatic nitrogens is 2. The number of amides is 1. The van der Waals surface area contributed by atoms with Crippen molar-refractivity contribution in [1.82, 2.24) is 20.6 Å². The number of ether oxygens (including phenoxy) is 1. The zero-order valence-corrected chi connectivity index (χ0v) is 18.2. The van der Waals surface area contributed by atoms with E-state index >= 15 is 0 Å². The highest BCUT2D eigenvalue weighted by atomic mass is 16.5. The molecule has 0 bridgehead atoms. The lowest BCUT2D eigenvalue weighted by molar-refractivity contribution is -0.121. The molecule has 1 amide bonds. The van der Waals surface area contributed by atoms with Crippen LogP contribution in [0.4, 0.5) is 11.6 Å². The summed E-state index contributed by atoms with van der Waals surface area (Å²) in [4.78, 5) is 22.4. The molecule has 2 fully saturated rings. The molecule has 2 aliphatic rings. The number of nitrogens with one attached hydrogen (secondary N) is 4. The third kappa shape index (κ3) is 4.40. The number of nitrogens with zero attached hydrogens (tertiary/aromatic N) is 3. The van der Waals surface area contributed by atoms with Crippen molar-refractivity contribution in [2.24, 2.45) is 11.8 Å². The number of benzene rings is 1. The number of anilines is 2. The number of piperidine rings is 1. The molecule has 3 atom stereocenters. The lowest BCUT2D eigenvalue weighted by Gasteiger charge is -2.21. The minimum absolute atomic E-state index is 0.0772. The summed E-state index contributed by atoms with van der Waals surface area (Å²) in [6, 6.07) is 7.59. The van der Waals surface area contributed by atoms with Crippen molar-refractivity contribution in [2.75, 3.05) is 30.8 Å². The Bertz CT molecular complexity index is 1030. The smallest absolute Gasteiger partial charge is 0.243 e. The Morgan fingerprint density at radius 3 is 2.53 bits per heavy atom. The number of hydrogen-bond donors (Lipinski definition) is 5. The first-order chi connectivity index (χ1) is 15.4. The molecular formula is C22H28N8O2. The third-order valence-electron chi connectivity index (χ3n) is 5.97. The van der Waals surface area contributed by atoms with Gasteiger partial charge in [-0.15, -0.1) is 0 Å². The summed E-state index contributed by atoms with van der Waals surface area (Å²) in [7, 11) is 1.87. The number of hydrogen-bond acceptors (Lipinski definition) is 9. The molecule has 2 unspecified atom stereocenters. The third-order valence-corrected chi connectivity index (χ3v) is 5.97. The van der Waals surface area contributed by atoms with Gasteiger partial charge in [-0.1, -0.05) is 19.1 Å². The largest absolute Gasteiger partial charge is 0.419 e. The van der Waals surface area contributed by atoms with Gasteiger partial charge in [-0.2, -0.15) is 0 Å². The molecule has 1 aliphatic carbocycles. The van der Waals surface area contributed by atoms with Gasteiger partial charge in [0.15, 0.2) is 11.5 Å². The van der Waals surface area contributed by atoms with Crippen LogP contribution in [0.15, 0.2) is 30.5 Å². The summed E-state index contributed by atoms with van der Waals surface area (Å²) in [5.74, 6) is 1.10. The number of fused-ring (bicyclic) bond motifs is 1. The van der Waals surface area contributed by atoms with E-state index in [1.165, 1.54) is 0 Å². The normalized spacial score (nSPS) is 21.1. The summed E-state index contributed by atoms with van der Waals surface area (Å²) in [6.45, 7) is 4.11. The number of carbonyl (C=O) groups excluding carboxylic acids is 1. The van der Waals surface area contributed by atoms with E-state index < -0.39 is 0 Å². The number of nitrogen functional groups attached to an aromatic ring is 1. The molecule has 10 nitrogen and oxygen atoms in total. The fourth-order valence-corrected chi connectivity index (χ4v) is 4.11. The quantitative estimate of drug-likeness (QED) is 0.322. The van der Waals surface area contributed by atoms with Crippen LogP contribution in [0.2, 0.25) is 0 Å². The standard InChI is InChI=1S/C22H28N8O2/c1-3-17(31)29-18-14-10-30(11-15(14)18)16-9-27-20(23)19(28-16)22(25)32-21(24)13-6-4-12(5-7-13)8-26-2/h4-7,9,14-15,18,24-26H,3,8,10-11H2,1-2H3,(H2,23,27)(H,29,31)/t14-,15?,18?/m0/s1. The van der Waals surface area contributed by atoms with Crippen molar-refractivity contribution >= 4 is 29.3 Å². The number of carbonyl (C=O) groups is 1. The highest BCUT2D eigenvalue weighted by molar-refractivity contribution is 6.05. The maximum absolute atomic E-state index is 11.6. The minimum atomic E-state index is -0.321. The summed E-state index contributed by atoms with van der Waals surface area (Å²) in [5, 5.41) is 22.6. The average Bonchev–Trinajstić information content (AvgIpc) is 3.21. The average molecular weight is 437 g/mol. The van der Waals surface area contributed by atoms with Gasteiger partial charge in [0.25, 0.3) is 0 Å². The van der Waals surface area contributed by atoms with Gasteiger partial charge in [0.1, 0.15) is 5.82 Å². The predicted octanol–water partition coefficient (Wildman–Crippen LogP) is 1.11. The van der Waals surface area contributed by atoms with E-state index in [2.05, 4.69) is 25.5 Å². The molecule has 0 spiro atoms. The Hall–Kier alpha value is -3.53. The van der Waals surface area contributed by atoms with Crippen molar-refractivity contribution in [3.63, 3.8) is 0 Å². The Morgan fingerprint density at radius 1 is 1.22 bits per heavy atom. The van der Waals surface area contributed by atoms with Gasteiger partial charge in [0, 0.05) is 49.5 Å². The maximum Gasteiger partial charge on any atom is 0.243 e. The Kier molecular flexibility index (Phi) is 6.04. The molecule has 10 heteroatoms. The zero-order valence-electron chi connectivity index (χ0n) is 18.2. The van der Waals surface area contributed by atoms with Gasteiger partial charge in [0.05, 0.1) is 6.20 Å². The molecule has 168 valence electrons. The first kappa shape index (κ1) is 21.7. The minimum Gasteiger partial charge on any atom is -0.419 e. The van der Waals surface area contributed by atoms with Gasteiger partial charge >= 0.3 is 0 Å². The highest BCUT2D eigenvalue weighted by Gasteiger charge is 2.56. The van der Waals surface area contributed by atoms with E-state index in [1.54, 1.807) is 18.3 Å². The lowest BCUT2D eigenvalue weighted by atomic mass is 10.1. The van der Waals surface area contributed by atoms with Crippen molar-refractivity contribution in [3.8, 4) is 0 Å². The molecule has 1 saturated heterocycles. The van der Waals surface area contributed by atoms with Gasteiger partial charge in [-0.3, -0.25) is 15.6 Å². The molecule has 0 radical (unpaired) electrons. The molecule has 2 aromatic rings. The highest BCUT2D eigenvalue weighted by Crippen LogP contribution is 2.46. The van der Waals surface area contributed by atoms with Crippen LogP contribution in [-0.2, 0) is 16.1 Å². The van der Waals surface area contributed by atoms with Crippen LogP contribution < -0.4 is 21.3 Å². The molecule has 6 N–H and O–H groups in total. The van der Waals surface area contributed by atoms with Gasteiger partial charge in [0.2, 0.25) is 17.7 Å². The Labute approximate surface area is 186 Å². The molecular weight excluding hydrogens is 408 g/mol. The van der Waals surface area contributed by atoms with Gasteiger partial charge < -0.3 is 26.0 Å². The van der Waals surface area contributed by atoms with Crippen molar-refractivity contribution in [3.05, 3.63) is 47.3 Å².